The molecular formula is C20H30N2O2. The first-order valence-corrected chi connectivity index (χ1v) is 9.66. The molecule has 1 atom stereocenters. The first-order valence-electron chi connectivity index (χ1n) is 9.66. The standard InChI is InChI=1S/C20H30N2O2/c1-3-23-14(2)13-22-10-11-24-18-12-16-6-8-21-9-7-17(16)19(20(18)22)15-4-5-15/h12,14-15,21H,3-11,13H2,1-2H3/t14-/m1/s1. The molecule has 1 aliphatic carbocycles. The van der Waals surface area contributed by atoms with Crippen LogP contribution in [0.5, 0.6) is 5.75 Å². The first kappa shape index (κ1) is 16.2. The van der Waals surface area contributed by atoms with Gasteiger partial charge in [-0.2, -0.15) is 0 Å². The summed E-state index contributed by atoms with van der Waals surface area (Å²) in [7, 11) is 0. The van der Waals surface area contributed by atoms with Crippen molar-refractivity contribution in [2.24, 2.45) is 0 Å². The Bertz CT molecular complexity index is 598. The van der Waals surface area contributed by atoms with Crippen LogP contribution >= 0.6 is 0 Å². The highest BCUT2D eigenvalue weighted by Crippen LogP contribution is 2.51. The summed E-state index contributed by atoms with van der Waals surface area (Å²) in [5, 5.41) is 3.56. The van der Waals surface area contributed by atoms with Crippen LogP contribution in [0, 0.1) is 0 Å². The minimum absolute atomic E-state index is 0.258. The van der Waals surface area contributed by atoms with Gasteiger partial charge in [-0.25, -0.2) is 0 Å². The minimum Gasteiger partial charge on any atom is -0.490 e. The molecule has 1 saturated carbocycles. The Morgan fingerprint density at radius 3 is 2.96 bits per heavy atom. The lowest BCUT2D eigenvalue weighted by Gasteiger charge is -2.36. The number of ether oxygens (including phenoxy) is 2. The number of hydrogen-bond acceptors (Lipinski definition) is 4. The fourth-order valence-corrected chi connectivity index (χ4v) is 4.30. The van der Waals surface area contributed by atoms with Crippen molar-refractivity contribution in [2.45, 2.75) is 51.6 Å². The summed E-state index contributed by atoms with van der Waals surface area (Å²) in [5.74, 6) is 1.87. The van der Waals surface area contributed by atoms with Gasteiger partial charge < -0.3 is 19.7 Å². The molecule has 4 rings (SSSR count). The maximum Gasteiger partial charge on any atom is 0.143 e. The summed E-state index contributed by atoms with van der Waals surface area (Å²) in [5.41, 5.74) is 6.12. The van der Waals surface area contributed by atoms with E-state index < -0.39 is 0 Å². The van der Waals surface area contributed by atoms with Gasteiger partial charge in [0.2, 0.25) is 0 Å². The summed E-state index contributed by atoms with van der Waals surface area (Å²) in [6, 6.07) is 2.33. The zero-order valence-corrected chi connectivity index (χ0v) is 15.1. The van der Waals surface area contributed by atoms with Gasteiger partial charge in [0.25, 0.3) is 0 Å². The molecule has 0 radical (unpaired) electrons. The van der Waals surface area contributed by atoms with E-state index in [0.29, 0.717) is 0 Å². The second-order valence-electron chi connectivity index (χ2n) is 7.36. The average Bonchev–Trinajstić information content (AvgIpc) is 3.40. The quantitative estimate of drug-likeness (QED) is 0.900. The van der Waals surface area contributed by atoms with Gasteiger partial charge in [0, 0.05) is 13.2 Å². The zero-order chi connectivity index (χ0) is 16.5. The van der Waals surface area contributed by atoms with Crippen LogP contribution in [0.25, 0.3) is 0 Å². The molecule has 2 aliphatic heterocycles. The SMILES string of the molecule is CCO[C@H](C)CN1CCOc2cc3c(c(C4CC4)c21)CCNCC3. The second kappa shape index (κ2) is 6.93. The van der Waals surface area contributed by atoms with Crippen molar-refractivity contribution in [1.82, 2.24) is 5.32 Å². The molecule has 0 spiro atoms. The summed E-state index contributed by atoms with van der Waals surface area (Å²) in [4.78, 5) is 2.53. The van der Waals surface area contributed by atoms with Gasteiger partial charge in [-0.1, -0.05) is 0 Å². The maximum absolute atomic E-state index is 6.12. The van der Waals surface area contributed by atoms with Crippen molar-refractivity contribution >= 4 is 5.69 Å². The van der Waals surface area contributed by atoms with Crippen molar-refractivity contribution in [2.75, 3.05) is 44.3 Å². The number of nitrogens with zero attached hydrogens (tertiary/aromatic N) is 1. The number of rotatable bonds is 5. The summed E-state index contributed by atoms with van der Waals surface area (Å²) < 4.78 is 11.9. The van der Waals surface area contributed by atoms with E-state index in [9.17, 15) is 0 Å². The van der Waals surface area contributed by atoms with Crippen molar-refractivity contribution in [3.63, 3.8) is 0 Å². The highest BCUT2D eigenvalue weighted by atomic mass is 16.5. The molecule has 24 heavy (non-hydrogen) atoms. The Morgan fingerprint density at radius 2 is 2.17 bits per heavy atom. The molecule has 1 fully saturated rings. The van der Waals surface area contributed by atoms with Crippen LogP contribution in [0.3, 0.4) is 0 Å². The zero-order valence-electron chi connectivity index (χ0n) is 15.1. The lowest BCUT2D eigenvalue weighted by atomic mass is 9.91. The molecule has 1 aromatic carbocycles. The molecule has 3 aliphatic rings. The maximum atomic E-state index is 6.12. The molecule has 1 aromatic rings. The van der Waals surface area contributed by atoms with E-state index in [1.54, 1.807) is 11.1 Å². The molecule has 0 bridgehead atoms. The third kappa shape index (κ3) is 3.14. The van der Waals surface area contributed by atoms with E-state index >= 15 is 0 Å². The molecule has 132 valence electrons. The van der Waals surface area contributed by atoms with Gasteiger partial charge in [0.05, 0.1) is 18.3 Å². The van der Waals surface area contributed by atoms with E-state index in [2.05, 4.69) is 30.1 Å². The number of hydrogen-bond donors (Lipinski definition) is 1. The van der Waals surface area contributed by atoms with Gasteiger partial charge in [-0.05, 0) is 81.3 Å². The van der Waals surface area contributed by atoms with E-state index in [4.69, 9.17) is 9.47 Å². The van der Waals surface area contributed by atoms with Crippen LogP contribution in [0.15, 0.2) is 6.07 Å². The van der Waals surface area contributed by atoms with Gasteiger partial charge in [0.1, 0.15) is 12.4 Å². The fourth-order valence-electron chi connectivity index (χ4n) is 4.30. The largest absolute Gasteiger partial charge is 0.490 e. The third-order valence-corrected chi connectivity index (χ3v) is 5.48. The highest BCUT2D eigenvalue weighted by molar-refractivity contribution is 5.71. The van der Waals surface area contributed by atoms with E-state index in [1.165, 1.54) is 24.1 Å². The molecule has 0 aromatic heterocycles. The summed E-state index contributed by atoms with van der Waals surface area (Å²) in [6.07, 6.45) is 5.22. The van der Waals surface area contributed by atoms with E-state index in [0.717, 1.165) is 63.9 Å². The van der Waals surface area contributed by atoms with Crippen LogP contribution < -0.4 is 15.0 Å². The molecular weight excluding hydrogens is 300 g/mol. The predicted octanol–water partition coefficient (Wildman–Crippen LogP) is 2.88. The Kier molecular flexibility index (Phi) is 4.68. The normalized spacial score (nSPS) is 21.5. The Balaban J connectivity index is 1.74. The average molecular weight is 330 g/mol. The van der Waals surface area contributed by atoms with Crippen LogP contribution in [0.4, 0.5) is 5.69 Å². The van der Waals surface area contributed by atoms with Crippen molar-refractivity contribution in [1.29, 1.82) is 0 Å². The van der Waals surface area contributed by atoms with Crippen molar-refractivity contribution < 1.29 is 9.47 Å². The van der Waals surface area contributed by atoms with Crippen LogP contribution in [-0.4, -0.2) is 45.5 Å². The molecule has 0 amide bonds. The summed E-state index contributed by atoms with van der Waals surface area (Å²) in [6.45, 7) is 9.94. The smallest absolute Gasteiger partial charge is 0.143 e. The molecule has 0 saturated heterocycles. The van der Waals surface area contributed by atoms with Crippen molar-refractivity contribution in [3.05, 3.63) is 22.8 Å². The lowest BCUT2D eigenvalue weighted by Crippen LogP contribution is -2.39. The first-order chi connectivity index (χ1) is 11.8. The van der Waals surface area contributed by atoms with Crippen LogP contribution in [-0.2, 0) is 17.6 Å². The van der Waals surface area contributed by atoms with E-state index in [1.807, 2.05) is 0 Å². The molecule has 0 unspecified atom stereocenters. The topological polar surface area (TPSA) is 33.7 Å². The Hall–Kier alpha value is -1.26. The highest BCUT2D eigenvalue weighted by Gasteiger charge is 2.35. The predicted molar refractivity (Wildman–Crippen MR) is 97.5 cm³/mol. The molecule has 4 nitrogen and oxygen atoms in total. The second-order valence-corrected chi connectivity index (χ2v) is 7.36. The lowest BCUT2D eigenvalue weighted by molar-refractivity contribution is 0.0798. The molecule has 2 heterocycles. The van der Waals surface area contributed by atoms with E-state index in [-0.39, 0.29) is 6.10 Å². The van der Waals surface area contributed by atoms with Gasteiger partial charge in [-0.15, -0.1) is 0 Å². The van der Waals surface area contributed by atoms with Gasteiger partial charge in [-0.3, -0.25) is 0 Å². The minimum atomic E-state index is 0.258. The number of anilines is 1. The summed E-state index contributed by atoms with van der Waals surface area (Å²) >= 11 is 0. The monoisotopic (exact) mass is 330 g/mol. The third-order valence-electron chi connectivity index (χ3n) is 5.48. The number of fused-ring (bicyclic) bond motifs is 2. The van der Waals surface area contributed by atoms with Crippen LogP contribution in [0.1, 0.15) is 49.3 Å². The number of nitrogens with one attached hydrogen (secondary N) is 1. The Morgan fingerprint density at radius 1 is 1.33 bits per heavy atom. The van der Waals surface area contributed by atoms with Crippen LogP contribution in [0.2, 0.25) is 0 Å². The molecule has 4 heteroatoms. The molecule has 1 N–H and O–H groups in total. The number of benzene rings is 1. The van der Waals surface area contributed by atoms with Gasteiger partial charge in [0.15, 0.2) is 0 Å². The Labute approximate surface area is 145 Å². The van der Waals surface area contributed by atoms with Crippen molar-refractivity contribution in [3.8, 4) is 5.75 Å². The van der Waals surface area contributed by atoms with Gasteiger partial charge >= 0.3 is 0 Å². The fraction of sp³-hybridized carbons (Fsp3) is 0.700.